The van der Waals surface area contributed by atoms with Gasteiger partial charge in [-0.2, -0.15) is 0 Å². The molecule has 1 N–H and O–H groups in total. The number of hydrogen-bond acceptors (Lipinski definition) is 1. The maximum absolute atomic E-state index is 13.7. The third kappa shape index (κ3) is 4.43. The van der Waals surface area contributed by atoms with Crippen molar-refractivity contribution in [3.63, 3.8) is 0 Å². The van der Waals surface area contributed by atoms with Crippen LogP contribution in [0.2, 0.25) is 5.02 Å². The molecule has 1 aliphatic rings. The van der Waals surface area contributed by atoms with E-state index in [4.69, 9.17) is 11.6 Å². The van der Waals surface area contributed by atoms with Crippen molar-refractivity contribution in [2.75, 3.05) is 13.1 Å². The fraction of sp³-hybridized carbons (Fsp3) is 0.667. The third-order valence-electron chi connectivity index (χ3n) is 4.72. The summed E-state index contributed by atoms with van der Waals surface area (Å²) < 4.78 is 13.7. The molecule has 2 unspecified atom stereocenters. The van der Waals surface area contributed by atoms with E-state index in [1.165, 1.54) is 18.9 Å². The molecule has 1 aliphatic carbocycles. The Labute approximate surface area is 133 Å². The van der Waals surface area contributed by atoms with Crippen LogP contribution in [0, 0.1) is 17.2 Å². The van der Waals surface area contributed by atoms with Crippen LogP contribution in [0.1, 0.15) is 57.9 Å². The first kappa shape index (κ1) is 16.8. The molecule has 0 heterocycles. The molecule has 0 amide bonds. The molecular formula is C18H27ClFN. The van der Waals surface area contributed by atoms with Gasteiger partial charge in [-0.05, 0) is 79.8 Å². The normalized spacial score (nSPS) is 25.0. The van der Waals surface area contributed by atoms with Crippen molar-refractivity contribution in [1.82, 2.24) is 5.32 Å². The molecule has 0 spiro atoms. The molecule has 0 aliphatic heterocycles. The summed E-state index contributed by atoms with van der Waals surface area (Å²) in [4.78, 5) is 0. The zero-order valence-corrected chi connectivity index (χ0v) is 14.1. The van der Waals surface area contributed by atoms with Crippen molar-refractivity contribution in [3.05, 3.63) is 34.6 Å². The van der Waals surface area contributed by atoms with Gasteiger partial charge in [0.15, 0.2) is 0 Å². The minimum atomic E-state index is -0.182. The second kappa shape index (κ2) is 7.11. The van der Waals surface area contributed by atoms with Crippen molar-refractivity contribution in [1.29, 1.82) is 0 Å². The lowest BCUT2D eigenvalue weighted by Gasteiger charge is -2.41. The molecule has 3 heteroatoms. The molecule has 2 atom stereocenters. The standard InChI is InChI=1S/C18H27ClFN/c1-4-9-21-12-13-7-8-18(2,3)11-16(13)15-10-14(20)5-6-17(15)19/h5-6,10,13,16,21H,4,7-9,11-12H2,1-3H3. The maximum Gasteiger partial charge on any atom is 0.123 e. The highest BCUT2D eigenvalue weighted by Crippen LogP contribution is 2.48. The maximum atomic E-state index is 13.7. The summed E-state index contributed by atoms with van der Waals surface area (Å²) >= 11 is 6.36. The predicted octanol–water partition coefficient (Wildman–Crippen LogP) is 5.39. The van der Waals surface area contributed by atoms with E-state index >= 15 is 0 Å². The van der Waals surface area contributed by atoms with Crippen LogP contribution in [0.4, 0.5) is 4.39 Å². The monoisotopic (exact) mass is 311 g/mol. The molecule has 118 valence electrons. The minimum absolute atomic E-state index is 0.182. The lowest BCUT2D eigenvalue weighted by Crippen LogP contribution is -2.35. The van der Waals surface area contributed by atoms with Gasteiger partial charge < -0.3 is 5.32 Å². The van der Waals surface area contributed by atoms with Crippen LogP contribution in [-0.2, 0) is 0 Å². The molecule has 1 saturated carbocycles. The summed E-state index contributed by atoms with van der Waals surface area (Å²) in [5.41, 5.74) is 1.30. The Balaban J connectivity index is 2.22. The van der Waals surface area contributed by atoms with Gasteiger partial charge in [0.25, 0.3) is 0 Å². The van der Waals surface area contributed by atoms with Crippen molar-refractivity contribution in [2.24, 2.45) is 11.3 Å². The molecule has 21 heavy (non-hydrogen) atoms. The Morgan fingerprint density at radius 2 is 2.14 bits per heavy atom. The molecule has 1 fully saturated rings. The predicted molar refractivity (Wildman–Crippen MR) is 88.4 cm³/mol. The fourth-order valence-electron chi connectivity index (χ4n) is 3.51. The molecule has 2 rings (SSSR count). The molecular weight excluding hydrogens is 285 g/mol. The van der Waals surface area contributed by atoms with Gasteiger partial charge in [-0.15, -0.1) is 0 Å². The molecule has 0 bridgehead atoms. The quantitative estimate of drug-likeness (QED) is 0.719. The number of halogens is 2. The van der Waals surface area contributed by atoms with Gasteiger partial charge in [-0.3, -0.25) is 0 Å². The Morgan fingerprint density at radius 3 is 2.86 bits per heavy atom. The first-order valence-electron chi connectivity index (χ1n) is 8.08. The first-order chi connectivity index (χ1) is 9.93. The summed E-state index contributed by atoms with van der Waals surface area (Å²) in [5.74, 6) is 0.711. The van der Waals surface area contributed by atoms with Crippen LogP contribution >= 0.6 is 11.6 Å². The lowest BCUT2D eigenvalue weighted by atomic mass is 9.65. The zero-order valence-electron chi connectivity index (χ0n) is 13.4. The van der Waals surface area contributed by atoms with E-state index in [0.717, 1.165) is 31.5 Å². The van der Waals surface area contributed by atoms with Crippen molar-refractivity contribution >= 4 is 11.6 Å². The van der Waals surface area contributed by atoms with Crippen LogP contribution in [0.25, 0.3) is 0 Å². The Bertz CT molecular complexity index is 472. The lowest BCUT2D eigenvalue weighted by molar-refractivity contribution is 0.159. The van der Waals surface area contributed by atoms with E-state index in [0.29, 0.717) is 22.3 Å². The molecule has 0 radical (unpaired) electrons. The van der Waals surface area contributed by atoms with E-state index in [1.807, 2.05) is 0 Å². The average Bonchev–Trinajstić information content (AvgIpc) is 2.43. The van der Waals surface area contributed by atoms with Gasteiger partial charge >= 0.3 is 0 Å². The highest BCUT2D eigenvalue weighted by molar-refractivity contribution is 6.31. The zero-order chi connectivity index (χ0) is 15.5. The summed E-state index contributed by atoms with van der Waals surface area (Å²) in [7, 11) is 0. The van der Waals surface area contributed by atoms with Crippen molar-refractivity contribution < 1.29 is 4.39 Å². The van der Waals surface area contributed by atoms with Gasteiger partial charge in [-0.25, -0.2) is 4.39 Å². The molecule has 1 aromatic carbocycles. The fourth-order valence-corrected chi connectivity index (χ4v) is 3.77. The van der Waals surface area contributed by atoms with Gasteiger partial charge in [0.05, 0.1) is 0 Å². The number of nitrogens with one attached hydrogen (secondary N) is 1. The number of rotatable bonds is 5. The van der Waals surface area contributed by atoms with Crippen molar-refractivity contribution in [2.45, 2.75) is 52.4 Å². The Hall–Kier alpha value is -0.600. The van der Waals surface area contributed by atoms with E-state index in [1.54, 1.807) is 12.1 Å². The third-order valence-corrected chi connectivity index (χ3v) is 5.07. The summed E-state index contributed by atoms with van der Waals surface area (Å²) in [6, 6.07) is 4.79. The summed E-state index contributed by atoms with van der Waals surface area (Å²) in [6.45, 7) is 8.84. The average molecular weight is 312 g/mol. The molecule has 1 aromatic rings. The van der Waals surface area contributed by atoms with E-state index < -0.39 is 0 Å². The van der Waals surface area contributed by atoms with Crippen LogP contribution < -0.4 is 5.32 Å². The second-order valence-corrected chi connectivity index (χ2v) is 7.55. The molecule has 0 saturated heterocycles. The molecule has 1 nitrogen and oxygen atoms in total. The van der Waals surface area contributed by atoms with E-state index in [-0.39, 0.29) is 5.82 Å². The topological polar surface area (TPSA) is 12.0 Å². The van der Waals surface area contributed by atoms with Crippen LogP contribution in [0.5, 0.6) is 0 Å². The Kier molecular flexibility index (Phi) is 5.67. The number of benzene rings is 1. The minimum Gasteiger partial charge on any atom is -0.316 e. The largest absolute Gasteiger partial charge is 0.316 e. The van der Waals surface area contributed by atoms with Crippen molar-refractivity contribution in [3.8, 4) is 0 Å². The van der Waals surface area contributed by atoms with E-state index in [2.05, 4.69) is 26.1 Å². The van der Waals surface area contributed by atoms with Gasteiger partial charge in [0.2, 0.25) is 0 Å². The van der Waals surface area contributed by atoms with Gasteiger partial charge in [0.1, 0.15) is 5.82 Å². The summed E-state index contributed by atoms with van der Waals surface area (Å²) in [5, 5.41) is 4.24. The van der Waals surface area contributed by atoms with Crippen LogP contribution in [0.3, 0.4) is 0 Å². The second-order valence-electron chi connectivity index (χ2n) is 7.14. The summed E-state index contributed by atoms with van der Waals surface area (Å²) in [6.07, 6.45) is 4.63. The molecule has 0 aromatic heterocycles. The van der Waals surface area contributed by atoms with Crippen LogP contribution in [0.15, 0.2) is 18.2 Å². The van der Waals surface area contributed by atoms with Gasteiger partial charge in [0, 0.05) is 5.02 Å². The number of hydrogen-bond donors (Lipinski definition) is 1. The highest BCUT2D eigenvalue weighted by Gasteiger charge is 2.36. The Morgan fingerprint density at radius 1 is 1.38 bits per heavy atom. The smallest absolute Gasteiger partial charge is 0.123 e. The van der Waals surface area contributed by atoms with E-state index in [9.17, 15) is 4.39 Å². The highest BCUT2D eigenvalue weighted by atomic mass is 35.5. The van der Waals surface area contributed by atoms with Gasteiger partial charge in [-0.1, -0.05) is 32.4 Å². The first-order valence-corrected chi connectivity index (χ1v) is 8.46. The van der Waals surface area contributed by atoms with Crippen LogP contribution in [-0.4, -0.2) is 13.1 Å². The SMILES string of the molecule is CCCNCC1CCC(C)(C)CC1c1cc(F)ccc1Cl.